The van der Waals surface area contributed by atoms with Gasteiger partial charge in [0.25, 0.3) is 0 Å². The minimum atomic E-state index is -0.359. The van der Waals surface area contributed by atoms with Gasteiger partial charge in [-0.25, -0.2) is 15.0 Å². The van der Waals surface area contributed by atoms with E-state index >= 15 is 0 Å². The van der Waals surface area contributed by atoms with Gasteiger partial charge in [0, 0.05) is 6.54 Å². The molecule has 0 fully saturated rings. The number of anilines is 2. The van der Waals surface area contributed by atoms with E-state index in [0.29, 0.717) is 17.5 Å². The van der Waals surface area contributed by atoms with E-state index in [0.717, 1.165) is 17.2 Å². The number of rotatable bonds is 1. The molecule has 0 spiro atoms. The number of nitrogens with two attached hydrogens (primary N) is 1. The molecule has 18 heavy (non-hydrogen) atoms. The highest BCUT2D eigenvalue weighted by atomic mass is 35.5. The fraction of sp³-hybridized carbons (Fsp3) is 0.250. The zero-order valence-electron chi connectivity index (χ0n) is 9.81. The van der Waals surface area contributed by atoms with Crippen LogP contribution < -0.4 is 11.1 Å². The molecule has 0 unspecified atom stereocenters. The van der Waals surface area contributed by atoms with E-state index < -0.39 is 0 Å². The molecule has 1 aliphatic rings. The molecule has 5 nitrogen and oxygen atoms in total. The Morgan fingerprint density at radius 3 is 3.00 bits per heavy atom. The Hall–Kier alpha value is -1.88. The summed E-state index contributed by atoms with van der Waals surface area (Å²) in [7, 11) is 0. The summed E-state index contributed by atoms with van der Waals surface area (Å²) in [6.45, 7) is 2.73. The van der Waals surface area contributed by atoms with Crippen molar-refractivity contribution in [3.8, 4) is 0 Å². The third-order valence-corrected chi connectivity index (χ3v) is 3.39. The summed E-state index contributed by atoms with van der Waals surface area (Å²) in [6.07, 6.45) is 1.53. The lowest BCUT2D eigenvalue weighted by Gasteiger charge is -2.22. The Balaban J connectivity index is 2.16. The van der Waals surface area contributed by atoms with Crippen LogP contribution >= 0.6 is 11.6 Å². The second-order valence-electron chi connectivity index (χ2n) is 4.52. The van der Waals surface area contributed by atoms with Gasteiger partial charge in [-0.05, 0) is 19.1 Å². The molecule has 0 amide bonds. The van der Waals surface area contributed by atoms with Crippen LogP contribution in [0.1, 0.15) is 18.3 Å². The number of nitrogens with one attached hydrogen (secondary N) is 1. The third kappa shape index (κ3) is 1.59. The minimum Gasteiger partial charge on any atom is -0.384 e. The van der Waals surface area contributed by atoms with Gasteiger partial charge in [0.1, 0.15) is 16.8 Å². The highest BCUT2D eigenvalue weighted by Gasteiger charge is 2.40. The largest absolute Gasteiger partial charge is 0.384 e. The highest BCUT2D eigenvalue weighted by Crippen LogP contribution is 2.38. The smallest absolute Gasteiger partial charge is 0.148 e. The first-order chi connectivity index (χ1) is 8.59. The molecule has 0 radical (unpaired) electrons. The molecule has 6 heteroatoms. The molecule has 92 valence electrons. The average molecular weight is 262 g/mol. The molecule has 2 aromatic heterocycles. The first-order valence-corrected chi connectivity index (χ1v) is 5.97. The van der Waals surface area contributed by atoms with E-state index in [2.05, 4.69) is 27.2 Å². The lowest BCUT2D eigenvalue weighted by Crippen LogP contribution is -2.28. The van der Waals surface area contributed by atoms with E-state index in [1.54, 1.807) is 6.07 Å². The maximum absolute atomic E-state index is 5.92. The summed E-state index contributed by atoms with van der Waals surface area (Å²) < 4.78 is 0. The average Bonchev–Trinajstić information content (AvgIpc) is 2.68. The van der Waals surface area contributed by atoms with Crippen LogP contribution in [-0.4, -0.2) is 21.5 Å². The standard InChI is InChI=1S/C12H12ClN5/c1-12(7-3-2-4-9(14)17-7)6-16-11-10(12)18-8(13)5-15-11/h2-5H,6H2,1H3,(H2,14,17)(H,15,16)/t12-/m1/s1. The molecule has 2 aromatic rings. The number of halogens is 1. The fourth-order valence-corrected chi connectivity index (χ4v) is 2.33. The molecule has 0 bridgehead atoms. The van der Waals surface area contributed by atoms with Gasteiger partial charge in [0.15, 0.2) is 0 Å². The number of nitrogen functional groups attached to an aromatic ring is 1. The highest BCUT2D eigenvalue weighted by molar-refractivity contribution is 6.29. The second-order valence-corrected chi connectivity index (χ2v) is 4.91. The maximum atomic E-state index is 5.92. The predicted molar refractivity (Wildman–Crippen MR) is 70.6 cm³/mol. The zero-order chi connectivity index (χ0) is 12.8. The van der Waals surface area contributed by atoms with Gasteiger partial charge in [-0.1, -0.05) is 17.7 Å². The molecule has 3 rings (SSSR count). The number of nitrogens with zero attached hydrogens (tertiary/aromatic N) is 3. The summed E-state index contributed by atoms with van der Waals surface area (Å²) in [6, 6.07) is 5.59. The normalized spacial score (nSPS) is 21.4. The van der Waals surface area contributed by atoms with Crippen molar-refractivity contribution in [2.75, 3.05) is 17.6 Å². The van der Waals surface area contributed by atoms with E-state index in [9.17, 15) is 0 Å². The number of fused-ring (bicyclic) bond motifs is 1. The number of pyridine rings is 1. The van der Waals surface area contributed by atoms with Crippen molar-refractivity contribution < 1.29 is 0 Å². The van der Waals surface area contributed by atoms with Crippen LogP contribution in [-0.2, 0) is 5.41 Å². The zero-order valence-corrected chi connectivity index (χ0v) is 10.6. The van der Waals surface area contributed by atoms with Crippen molar-refractivity contribution in [3.63, 3.8) is 0 Å². The Morgan fingerprint density at radius 1 is 1.39 bits per heavy atom. The number of hydrogen-bond acceptors (Lipinski definition) is 5. The lowest BCUT2D eigenvalue weighted by atomic mass is 9.85. The first kappa shape index (κ1) is 11.2. The van der Waals surface area contributed by atoms with Crippen LogP contribution in [0.3, 0.4) is 0 Å². The van der Waals surface area contributed by atoms with Crippen LogP contribution in [0.25, 0.3) is 0 Å². The monoisotopic (exact) mass is 261 g/mol. The van der Waals surface area contributed by atoms with Crippen molar-refractivity contribution >= 4 is 23.2 Å². The Kier molecular flexibility index (Phi) is 2.38. The van der Waals surface area contributed by atoms with E-state index in [1.807, 2.05) is 12.1 Å². The minimum absolute atomic E-state index is 0.359. The number of hydrogen-bond donors (Lipinski definition) is 2. The van der Waals surface area contributed by atoms with Gasteiger partial charge in [-0.3, -0.25) is 0 Å². The molecule has 1 aliphatic heterocycles. The Labute approximate surface area is 109 Å². The summed E-state index contributed by atoms with van der Waals surface area (Å²) in [5.41, 5.74) is 7.06. The second kappa shape index (κ2) is 3.81. The summed E-state index contributed by atoms with van der Waals surface area (Å²) in [5.74, 6) is 1.25. The van der Waals surface area contributed by atoms with Gasteiger partial charge in [-0.2, -0.15) is 0 Å². The fourth-order valence-electron chi connectivity index (χ4n) is 2.20. The van der Waals surface area contributed by atoms with Crippen LogP contribution in [0, 0.1) is 0 Å². The molecule has 0 saturated carbocycles. The molecule has 0 aromatic carbocycles. The van der Waals surface area contributed by atoms with Gasteiger partial charge >= 0.3 is 0 Å². The molecule has 3 N–H and O–H groups in total. The maximum Gasteiger partial charge on any atom is 0.148 e. The van der Waals surface area contributed by atoms with Gasteiger partial charge < -0.3 is 11.1 Å². The van der Waals surface area contributed by atoms with Crippen LogP contribution in [0.2, 0.25) is 5.15 Å². The van der Waals surface area contributed by atoms with Crippen molar-refractivity contribution in [2.24, 2.45) is 0 Å². The molecule has 3 heterocycles. The van der Waals surface area contributed by atoms with Gasteiger partial charge in [0.05, 0.1) is 23.0 Å². The Bertz CT molecular complexity index is 615. The number of aromatic nitrogens is 3. The predicted octanol–water partition coefficient (Wildman–Crippen LogP) is 1.84. The third-order valence-electron chi connectivity index (χ3n) is 3.21. The van der Waals surface area contributed by atoms with Crippen molar-refractivity contribution in [1.29, 1.82) is 0 Å². The first-order valence-electron chi connectivity index (χ1n) is 5.59. The summed E-state index contributed by atoms with van der Waals surface area (Å²) in [5, 5.41) is 3.60. The van der Waals surface area contributed by atoms with Crippen LogP contribution in [0.15, 0.2) is 24.4 Å². The summed E-state index contributed by atoms with van der Waals surface area (Å²) in [4.78, 5) is 13.0. The molecule has 1 atom stereocenters. The van der Waals surface area contributed by atoms with E-state index in [4.69, 9.17) is 17.3 Å². The van der Waals surface area contributed by atoms with Crippen molar-refractivity contribution in [3.05, 3.63) is 40.9 Å². The quantitative estimate of drug-likeness (QED) is 0.819. The SMILES string of the molecule is C[C@]1(c2cccc(N)n2)CNc2ncc(Cl)nc21. The lowest BCUT2D eigenvalue weighted by molar-refractivity contribution is 0.595. The van der Waals surface area contributed by atoms with Crippen LogP contribution in [0.5, 0.6) is 0 Å². The molecular weight excluding hydrogens is 250 g/mol. The van der Waals surface area contributed by atoms with Crippen molar-refractivity contribution in [1.82, 2.24) is 15.0 Å². The van der Waals surface area contributed by atoms with E-state index in [1.165, 1.54) is 6.20 Å². The topological polar surface area (TPSA) is 76.7 Å². The molecular formula is C12H12ClN5. The molecule has 0 aliphatic carbocycles. The molecule has 0 saturated heterocycles. The van der Waals surface area contributed by atoms with Crippen LogP contribution in [0.4, 0.5) is 11.6 Å². The van der Waals surface area contributed by atoms with Crippen molar-refractivity contribution in [2.45, 2.75) is 12.3 Å². The summed E-state index contributed by atoms with van der Waals surface area (Å²) >= 11 is 5.92. The van der Waals surface area contributed by atoms with E-state index in [-0.39, 0.29) is 5.41 Å². The van der Waals surface area contributed by atoms with Gasteiger partial charge in [-0.15, -0.1) is 0 Å². The van der Waals surface area contributed by atoms with Gasteiger partial charge in [0.2, 0.25) is 0 Å². The Morgan fingerprint density at radius 2 is 2.22 bits per heavy atom.